The second-order valence-electron chi connectivity index (χ2n) is 8.00. The largest absolute Gasteiger partial charge is 0.492 e. The predicted molar refractivity (Wildman–Crippen MR) is 130 cm³/mol. The van der Waals surface area contributed by atoms with Crippen molar-refractivity contribution in [2.45, 2.75) is 19.3 Å². The molecule has 1 fully saturated rings. The average molecular weight is 430 g/mol. The molecule has 1 aliphatic rings. The topological polar surface area (TPSA) is 21.7 Å². The fraction of sp³-hybridized carbons (Fsp3) is 0.259. The van der Waals surface area contributed by atoms with Crippen LogP contribution in [0.5, 0.6) is 17.2 Å². The number of thiophene rings is 1. The highest BCUT2D eigenvalue weighted by atomic mass is 32.1. The molecule has 3 nitrogen and oxygen atoms in total. The molecule has 4 heteroatoms. The summed E-state index contributed by atoms with van der Waals surface area (Å²) in [4.78, 5) is 3.74. The van der Waals surface area contributed by atoms with E-state index < -0.39 is 0 Å². The molecule has 31 heavy (non-hydrogen) atoms. The molecular formula is C27H27NO2S. The lowest BCUT2D eigenvalue weighted by atomic mass is 10.1. The van der Waals surface area contributed by atoms with E-state index in [1.807, 2.05) is 47.7 Å². The molecule has 158 valence electrons. The van der Waals surface area contributed by atoms with Crippen molar-refractivity contribution < 1.29 is 9.47 Å². The third-order valence-corrected chi connectivity index (χ3v) is 6.89. The molecular weight excluding hydrogens is 402 g/mol. The van der Waals surface area contributed by atoms with Gasteiger partial charge in [-0.05, 0) is 85.4 Å². The molecule has 0 unspecified atom stereocenters. The van der Waals surface area contributed by atoms with Crippen molar-refractivity contribution in [3.8, 4) is 27.7 Å². The Balaban J connectivity index is 1.20. The van der Waals surface area contributed by atoms with Crippen LogP contribution in [0.3, 0.4) is 0 Å². The minimum atomic E-state index is 0.734. The maximum atomic E-state index is 6.11. The van der Waals surface area contributed by atoms with Gasteiger partial charge in [0.05, 0.1) is 0 Å². The fourth-order valence-electron chi connectivity index (χ4n) is 4.05. The summed E-state index contributed by atoms with van der Waals surface area (Å²) in [5.41, 5.74) is 1.18. The number of piperidine rings is 1. The van der Waals surface area contributed by atoms with E-state index in [-0.39, 0.29) is 0 Å². The third kappa shape index (κ3) is 5.09. The van der Waals surface area contributed by atoms with E-state index in [1.165, 1.54) is 52.9 Å². The maximum Gasteiger partial charge on any atom is 0.128 e. The molecule has 1 saturated heterocycles. The number of ether oxygens (including phenoxy) is 2. The zero-order valence-electron chi connectivity index (χ0n) is 17.6. The number of rotatable bonds is 7. The minimum Gasteiger partial charge on any atom is -0.492 e. The van der Waals surface area contributed by atoms with E-state index in [1.54, 1.807) is 0 Å². The van der Waals surface area contributed by atoms with Gasteiger partial charge < -0.3 is 9.47 Å². The summed E-state index contributed by atoms with van der Waals surface area (Å²) >= 11 is 1.81. The van der Waals surface area contributed by atoms with Crippen LogP contribution in [0.15, 0.2) is 78.9 Å². The number of hydrogen-bond acceptors (Lipinski definition) is 4. The minimum absolute atomic E-state index is 0.734. The summed E-state index contributed by atoms with van der Waals surface area (Å²) in [5.74, 6) is 2.55. The van der Waals surface area contributed by atoms with E-state index in [0.29, 0.717) is 0 Å². The van der Waals surface area contributed by atoms with Gasteiger partial charge in [-0.25, -0.2) is 0 Å². The summed E-state index contributed by atoms with van der Waals surface area (Å²) in [6.07, 6.45) is 4.00. The Kier molecular flexibility index (Phi) is 6.19. The van der Waals surface area contributed by atoms with Crippen LogP contribution in [0.4, 0.5) is 0 Å². The Morgan fingerprint density at radius 2 is 1.55 bits per heavy atom. The first-order valence-corrected chi connectivity index (χ1v) is 11.9. The highest BCUT2D eigenvalue weighted by molar-refractivity contribution is 7.22. The van der Waals surface area contributed by atoms with Gasteiger partial charge in [-0.15, -0.1) is 11.3 Å². The smallest absolute Gasteiger partial charge is 0.128 e. The molecule has 0 N–H and O–H groups in total. The monoisotopic (exact) mass is 429 g/mol. The van der Waals surface area contributed by atoms with Crippen LogP contribution in [-0.4, -0.2) is 31.1 Å². The van der Waals surface area contributed by atoms with Gasteiger partial charge in [0.2, 0.25) is 0 Å². The van der Waals surface area contributed by atoms with Crippen molar-refractivity contribution in [1.29, 1.82) is 0 Å². The highest BCUT2D eigenvalue weighted by Gasteiger charge is 2.10. The molecule has 0 atom stereocenters. The molecule has 0 saturated carbocycles. The van der Waals surface area contributed by atoms with Crippen molar-refractivity contribution in [1.82, 2.24) is 4.90 Å². The van der Waals surface area contributed by atoms with Crippen molar-refractivity contribution in [2.75, 3.05) is 26.2 Å². The van der Waals surface area contributed by atoms with Crippen molar-refractivity contribution >= 4 is 21.4 Å². The summed E-state index contributed by atoms with van der Waals surface area (Å²) in [6.45, 7) is 4.15. The lowest BCUT2D eigenvalue weighted by molar-refractivity contribution is 0.183. The van der Waals surface area contributed by atoms with Crippen LogP contribution in [0, 0.1) is 0 Å². The van der Waals surface area contributed by atoms with Crippen LogP contribution in [0.2, 0.25) is 0 Å². The Bertz CT molecular complexity index is 1100. The van der Waals surface area contributed by atoms with Crippen LogP contribution in [-0.2, 0) is 0 Å². The van der Waals surface area contributed by atoms with E-state index >= 15 is 0 Å². The summed E-state index contributed by atoms with van der Waals surface area (Å²) in [7, 11) is 0. The number of hydrogen-bond donors (Lipinski definition) is 0. The number of nitrogens with zero attached hydrogens (tertiary/aromatic N) is 1. The Labute approximate surface area is 187 Å². The number of fused-ring (bicyclic) bond motifs is 1. The van der Waals surface area contributed by atoms with E-state index in [2.05, 4.69) is 47.4 Å². The highest BCUT2D eigenvalue weighted by Crippen LogP contribution is 2.35. The summed E-state index contributed by atoms with van der Waals surface area (Å²) < 4.78 is 13.3. The van der Waals surface area contributed by atoms with Gasteiger partial charge in [-0.2, -0.15) is 0 Å². The van der Waals surface area contributed by atoms with Crippen LogP contribution in [0.1, 0.15) is 19.3 Å². The Hall–Kier alpha value is -2.82. The number of likely N-dealkylation sites (tertiary alicyclic amines) is 1. The molecule has 0 bridgehead atoms. The second-order valence-corrected chi connectivity index (χ2v) is 9.08. The van der Waals surface area contributed by atoms with Crippen LogP contribution >= 0.6 is 11.3 Å². The molecule has 1 aliphatic heterocycles. The number of benzene rings is 3. The zero-order chi connectivity index (χ0) is 20.9. The van der Waals surface area contributed by atoms with Crippen LogP contribution in [0.25, 0.3) is 20.5 Å². The van der Waals surface area contributed by atoms with Crippen molar-refractivity contribution in [2.24, 2.45) is 0 Å². The fourth-order valence-corrected chi connectivity index (χ4v) is 5.11. The quantitative estimate of drug-likeness (QED) is 0.309. The van der Waals surface area contributed by atoms with E-state index in [9.17, 15) is 0 Å². The lowest BCUT2D eigenvalue weighted by Gasteiger charge is -2.26. The van der Waals surface area contributed by atoms with Gasteiger partial charge in [0.25, 0.3) is 0 Å². The SMILES string of the molecule is c1cc(Oc2ccc(OCCN3CCCCC3)cc2)cc(-c2cc3ccccc3s2)c1. The third-order valence-electron chi connectivity index (χ3n) is 5.73. The average Bonchev–Trinajstić information content (AvgIpc) is 3.26. The first kappa shape index (κ1) is 20.1. The predicted octanol–water partition coefficient (Wildman–Crippen LogP) is 7.23. The molecule has 2 heterocycles. The molecule has 5 rings (SSSR count). The Morgan fingerprint density at radius 3 is 2.39 bits per heavy atom. The molecule has 0 amide bonds. The van der Waals surface area contributed by atoms with Gasteiger partial charge in [-0.1, -0.05) is 36.8 Å². The van der Waals surface area contributed by atoms with E-state index in [0.717, 1.165) is 30.4 Å². The summed E-state index contributed by atoms with van der Waals surface area (Å²) in [5, 5.41) is 1.28. The molecule has 0 spiro atoms. The second kappa shape index (κ2) is 9.54. The molecule has 0 aliphatic carbocycles. The van der Waals surface area contributed by atoms with Crippen molar-refractivity contribution in [3.63, 3.8) is 0 Å². The molecule has 3 aromatic carbocycles. The molecule has 4 aromatic rings. The molecule has 0 radical (unpaired) electrons. The van der Waals surface area contributed by atoms with Gasteiger partial charge in [0.1, 0.15) is 23.9 Å². The van der Waals surface area contributed by atoms with Gasteiger partial charge in [0.15, 0.2) is 0 Å². The lowest BCUT2D eigenvalue weighted by Crippen LogP contribution is -2.33. The summed E-state index contributed by atoms with van der Waals surface area (Å²) in [6, 6.07) is 27.0. The zero-order valence-corrected chi connectivity index (χ0v) is 18.4. The van der Waals surface area contributed by atoms with Crippen LogP contribution < -0.4 is 9.47 Å². The van der Waals surface area contributed by atoms with Gasteiger partial charge in [0, 0.05) is 16.1 Å². The maximum absolute atomic E-state index is 6.11. The van der Waals surface area contributed by atoms with Gasteiger partial charge in [-0.3, -0.25) is 4.90 Å². The first-order chi connectivity index (χ1) is 15.3. The van der Waals surface area contributed by atoms with Gasteiger partial charge >= 0.3 is 0 Å². The first-order valence-electron chi connectivity index (χ1n) is 11.1. The molecule has 1 aromatic heterocycles. The normalized spacial score (nSPS) is 14.6. The standard InChI is InChI=1S/C27H27NO2S/c1-4-15-28(16-5-1)17-18-29-23-11-13-24(14-12-23)30-25-9-6-8-21(19-25)27-20-22-7-2-3-10-26(22)31-27/h2-3,6-14,19-20H,1,4-5,15-18H2. The van der Waals surface area contributed by atoms with Crippen molar-refractivity contribution in [3.05, 3.63) is 78.9 Å². The van der Waals surface area contributed by atoms with E-state index in [4.69, 9.17) is 9.47 Å². The Morgan fingerprint density at radius 1 is 0.742 bits per heavy atom.